The second kappa shape index (κ2) is 10.1. The van der Waals surface area contributed by atoms with Crippen LogP contribution in [0.5, 0.6) is 5.75 Å². The summed E-state index contributed by atoms with van der Waals surface area (Å²) in [5, 5.41) is 3.37. The number of nitrogens with zero attached hydrogens (tertiary/aromatic N) is 2. The number of anilines is 1. The number of benzene rings is 2. The number of hydrogen-bond acceptors (Lipinski definition) is 4. The Balaban J connectivity index is 1.19. The van der Waals surface area contributed by atoms with Crippen molar-refractivity contribution in [2.24, 2.45) is 5.92 Å². The molecule has 3 aliphatic rings. The van der Waals surface area contributed by atoms with Gasteiger partial charge in [-0.3, -0.25) is 4.79 Å². The molecule has 6 heteroatoms. The quantitative estimate of drug-likeness (QED) is 0.626. The van der Waals surface area contributed by atoms with Crippen LogP contribution in [0.25, 0.3) is 0 Å². The van der Waals surface area contributed by atoms with Gasteiger partial charge in [-0.1, -0.05) is 12.1 Å². The molecule has 1 aliphatic carbocycles. The largest absolute Gasteiger partial charge is 0.490 e. The van der Waals surface area contributed by atoms with Crippen molar-refractivity contribution in [3.05, 3.63) is 59.9 Å². The highest BCUT2D eigenvalue weighted by Crippen LogP contribution is 2.27. The number of carbonyl (C=O) groups excluding carboxylic acids is 1. The van der Waals surface area contributed by atoms with Gasteiger partial charge in [0.1, 0.15) is 11.6 Å². The molecule has 5 nitrogen and oxygen atoms in total. The Labute approximate surface area is 195 Å². The van der Waals surface area contributed by atoms with Gasteiger partial charge in [-0.15, -0.1) is 0 Å². The van der Waals surface area contributed by atoms with Crippen LogP contribution in [0.15, 0.2) is 48.5 Å². The minimum absolute atomic E-state index is 0.0366. The SMILES string of the molecule is O=C(NC(Cc1ccc(OC2CC2)cc1)CN1CCCC1)[C@@H]1CCN(c2ccc(F)cc2)C1. The number of amides is 1. The van der Waals surface area contributed by atoms with E-state index in [0.717, 1.165) is 63.3 Å². The average molecular weight is 452 g/mol. The van der Waals surface area contributed by atoms with E-state index in [1.807, 2.05) is 0 Å². The molecule has 1 unspecified atom stereocenters. The Bertz CT molecular complexity index is 923. The van der Waals surface area contributed by atoms with Crippen molar-refractivity contribution in [3.8, 4) is 5.75 Å². The van der Waals surface area contributed by atoms with Crippen LogP contribution in [0.3, 0.4) is 0 Å². The summed E-state index contributed by atoms with van der Waals surface area (Å²) in [5.41, 5.74) is 2.20. The fraction of sp³-hybridized carbons (Fsp3) is 0.519. The van der Waals surface area contributed by atoms with Crippen molar-refractivity contribution in [2.45, 2.75) is 50.7 Å². The summed E-state index contributed by atoms with van der Waals surface area (Å²) in [4.78, 5) is 17.8. The third-order valence-electron chi connectivity index (χ3n) is 7.01. The molecule has 5 rings (SSSR count). The Morgan fingerprint density at radius 2 is 1.73 bits per heavy atom. The molecule has 1 saturated carbocycles. The van der Waals surface area contributed by atoms with E-state index in [1.165, 1.54) is 30.5 Å². The molecule has 2 aromatic carbocycles. The normalized spacial score (nSPS) is 21.8. The second-order valence-corrected chi connectivity index (χ2v) is 9.79. The van der Waals surface area contributed by atoms with E-state index in [2.05, 4.69) is 39.4 Å². The predicted molar refractivity (Wildman–Crippen MR) is 128 cm³/mol. The van der Waals surface area contributed by atoms with Crippen LogP contribution in [0.1, 0.15) is 37.7 Å². The maximum absolute atomic E-state index is 13.3. The maximum Gasteiger partial charge on any atom is 0.225 e. The molecule has 0 bridgehead atoms. The molecule has 0 radical (unpaired) electrons. The topological polar surface area (TPSA) is 44.8 Å². The lowest BCUT2D eigenvalue weighted by molar-refractivity contribution is -0.125. The van der Waals surface area contributed by atoms with Gasteiger partial charge in [0.15, 0.2) is 0 Å². The molecule has 0 spiro atoms. The van der Waals surface area contributed by atoms with E-state index < -0.39 is 0 Å². The van der Waals surface area contributed by atoms with Gasteiger partial charge in [-0.25, -0.2) is 4.39 Å². The van der Waals surface area contributed by atoms with Crippen molar-refractivity contribution in [1.29, 1.82) is 0 Å². The van der Waals surface area contributed by atoms with Crippen LogP contribution in [-0.4, -0.2) is 55.7 Å². The van der Waals surface area contributed by atoms with Crippen molar-refractivity contribution < 1.29 is 13.9 Å². The van der Waals surface area contributed by atoms with E-state index in [4.69, 9.17) is 4.74 Å². The van der Waals surface area contributed by atoms with Gasteiger partial charge in [0, 0.05) is 31.4 Å². The van der Waals surface area contributed by atoms with Crippen molar-refractivity contribution in [2.75, 3.05) is 37.6 Å². The van der Waals surface area contributed by atoms with Gasteiger partial charge in [-0.05, 0) is 93.6 Å². The minimum Gasteiger partial charge on any atom is -0.490 e. The van der Waals surface area contributed by atoms with Gasteiger partial charge < -0.3 is 19.9 Å². The molecule has 3 fully saturated rings. The number of ether oxygens (including phenoxy) is 1. The van der Waals surface area contributed by atoms with E-state index in [1.54, 1.807) is 12.1 Å². The molecule has 2 heterocycles. The molecular formula is C27H34FN3O2. The summed E-state index contributed by atoms with van der Waals surface area (Å²) in [6.45, 7) is 4.62. The van der Waals surface area contributed by atoms with Gasteiger partial charge in [0.05, 0.1) is 12.0 Å². The summed E-state index contributed by atoms with van der Waals surface area (Å²) in [5.74, 6) is 0.806. The molecule has 33 heavy (non-hydrogen) atoms. The lowest BCUT2D eigenvalue weighted by Gasteiger charge is -2.26. The zero-order chi connectivity index (χ0) is 22.6. The molecule has 2 atom stereocenters. The van der Waals surface area contributed by atoms with Crippen molar-refractivity contribution in [1.82, 2.24) is 10.2 Å². The first-order valence-corrected chi connectivity index (χ1v) is 12.4. The Morgan fingerprint density at radius 1 is 1.00 bits per heavy atom. The highest BCUT2D eigenvalue weighted by molar-refractivity contribution is 5.80. The van der Waals surface area contributed by atoms with Crippen LogP contribution in [0.4, 0.5) is 10.1 Å². The minimum atomic E-state index is -0.232. The summed E-state index contributed by atoms with van der Waals surface area (Å²) in [6.07, 6.45) is 6.84. The average Bonchev–Trinajstić information content (AvgIpc) is 3.25. The van der Waals surface area contributed by atoms with Crippen LogP contribution < -0.4 is 15.0 Å². The molecule has 2 saturated heterocycles. The van der Waals surface area contributed by atoms with Gasteiger partial charge in [0.2, 0.25) is 5.91 Å². The summed E-state index contributed by atoms with van der Waals surface area (Å²) in [7, 11) is 0. The molecular weight excluding hydrogens is 417 g/mol. The van der Waals surface area contributed by atoms with Gasteiger partial charge in [0.25, 0.3) is 0 Å². The number of halogens is 1. The Hall–Kier alpha value is -2.60. The predicted octanol–water partition coefficient (Wildman–Crippen LogP) is 4.02. The maximum atomic E-state index is 13.3. The third kappa shape index (κ3) is 6.05. The third-order valence-corrected chi connectivity index (χ3v) is 7.01. The Morgan fingerprint density at radius 3 is 2.42 bits per heavy atom. The first-order valence-electron chi connectivity index (χ1n) is 12.4. The standard InChI is InChI=1S/C27H34FN3O2/c28-22-5-7-24(8-6-22)31-16-13-21(18-31)27(32)29-23(19-30-14-1-2-15-30)17-20-3-9-25(10-4-20)33-26-11-12-26/h3-10,21,23,26H,1-2,11-19H2,(H,29,32)/t21-,23?/m1/s1. The second-order valence-electron chi connectivity index (χ2n) is 9.79. The van der Waals surface area contributed by atoms with Crippen LogP contribution in [0.2, 0.25) is 0 Å². The highest BCUT2D eigenvalue weighted by Gasteiger charge is 2.30. The number of rotatable bonds is 9. The molecule has 1 N–H and O–H groups in total. The smallest absolute Gasteiger partial charge is 0.225 e. The first-order chi connectivity index (χ1) is 16.1. The van der Waals surface area contributed by atoms with E-state index in [-0.39, 0.29) is 23.7 Å². The zero-order valence-corrected chi connectivity index (χ0v) is 19.2. The number of carbonyl (C=O) groups is 1. The number of nitrogens with one attached hydrogen (secondary N) is 1. The molecule has 1 amide bonds. The monoisotopic (exact) mass is 451 g/mol. The lowest BCUT2D eigenvalue weighted by Crippen LogP contribution is -2.46. The molecule has 2 aromatic rings. The molecule has 0 aromatic heterocycles. The fourth-order valence-electron chi connectivity index (χ4n) is 4.98. The van der Waals surface area contributed by atoms with Gasteiger partial charge >= 0.3 is 0 Å². The summed E-state index contributed by atoms with van der Waals surface area (Å²) < 4.78 is 19.1. The van der Waals surface area contributed by atoms with Crippen molar-refractivity contribution >= 4 is 11.6 Å². The molecule has 176 valence electrons. The van der Waals surface area contributed by atoms with Crippen LogP contribution >= 0.6 is 0 Å². The van der Waals surface area contributed by atoms with E-state index in [9.17, 15) is 9.18 Å². The summed E-state index contributed by atoms with van der Waals surface area (Å²) in [6, 6.07) is 15.0. The van der Waals surface area contributed by atoms with Crippen molar-refractivity contribution in [3.63, 3.8) is 0 Å². The molecule has 2 aliphatic heterocycles. The van der Waals surface area contributed by atoms with E-state index in [0.29, 0.717) is 12.6 Å². The first kappa shape index (κ1) is 22.2. The Kier molecular flexibility index (Phi) is 6.81. The number of hydrogen-bond donors (Lipinski definition) is 1. The zero-order valence-electron chi connectivity index (χ0n) is 19.2. The highest BCUT2D eigenvalue weighted by atomic mass is 19.1. The van der Waals surface area contributed by atoms with E-state index >= 15 is 0 Å². The van der Waals surface area contributed by atoms with Crippen LogP contribution in [-0.2, 0) is 11.2 Å². The fourth-order valence-corrected chi connectivity index (χ4v) is 4.98. The number of likely N-dealkylation sites (tertiary alicyclic amines) is 1. The van der Waals surface area contributed by atoms with Gasteiger partial charge in [-0.2, -0.15) is 0 Å². The summed E-state index contributed by atoms with van der Waals surface area (Å²) >= 11 is 0. The van der Waals surface area contributed by atoms with Crippen LogP contribution in [0, 0.1) is 11.7 Å². The lowest BCUT2D eigenvalue weighted by atomic mass is 10.0.